The number of nitrogens with zero attached hydrogens (tertiary/aromatic N) is 3. The Morgan fingerprint density at radius 1 is 0.737 bits per heavy atom. The molecule has 0 N–H and O–H groups in total. The van der Waals surface area contributed by atoms with Gasteiger partial charge in [-0.05, 0) is 30.3 Å². The van der Waals surface area contributed by atoms with Gasteiger partial charge in [0.25, 0.3) is 0 Å². The van der Waals surface area contributed by atoms with Crippen LogP contribution in [0.15, 0.2) is 67.0 Å². The molecule has 0 radical (unpaired) electrons. The molecule has 0 aliphatic carbocycles. The summed E-state index contributed by atoms with van der Waals surface area (Å²) in [6.45, 7) is 0. The Hall–Kier alpha value is -2.68. The van der Waals surface area contributed by atoms with Crippen molar-refractivity contribution in [3.05, 3.63) is 67.0 Å². The minimum atomic E-state index is 0.896. The predicted molar refractivity (Wildman–Crippen MR) is 76.4 cm³/mol. The number of imidazole rings is 1. The fourth-order valence-corrected chi connectivity index (χ4v) is 2.33. The highest BCUT2D eigenvalue weighted by Crippen LogP contribution is 2.19. The van der Waals surface area contributed by atoms with E-state index in [1.165, 1.54) is 0 Å². The topological polar surface area (TPSA) is 30.7 Å². The van der Waals surface area contributed by atoms with Gasteiger partial charge in [0.05, 0.1) is 16.6 Å². The standard InChI is InChI=1S/C16H11N3/c1-2-6-13-12(5-1)9-10-16(18-13)19-11-17-14-7-3-4-8-15(14)19/h1-11H. The zero-order valence-corrected chi connectivity index (χ0v) is 10.2. The van der Waals surface area contributed by atoms with Gasteiger partial charge in [-0.25, -0.2) is 9.97 Å². The van der Waals surface area contributed by atoms with Crippen molar-refractivity contribution in [2.45, 2.75) is 0 Å². The van der Waals surface area contributed by atoms with Crippen LogP contribution in [0, 0.1) is 0 Å². The average Bonchev–Trinajstić information content (AvgIpc) is 2.91. The average molecular weight is 245 g/mol. The highest BCUT2D eigenvalue weighted by molar-refractivity contribution is 5.81. The highest BCUT2D eigenvalue weighted by Gasteiger charge is 2.05. The Morgan fingerprint density at radius 2 is 1.53 bits per heavy atom. The largest absolute Gasteiger partial charge is 0.283 e. The second kappa shape index (κ2) is 3.92. The Labute approximate surface area is 110 Å². The molecule has 19 heavy (non-hydrogen) atoms. The van der Waals surface area contributed by atoms with E-state index in [1.807, 2.05) is 53.4 Å². The van der Waals surface area contributed by atoms with Crippen molar-refractivity contribution < 1.29 is 0 Å². The zero-order valence-electron chi connectivity index (χ0n) is 10.2. The number of para-hydroxylation sites is 3. The molecular weight excluding hydrogens is 234 g/mol. The Morgan fingerprint density at radius 3 is 2.47 bits per heavy atom. The summed E-state index contributed by atoms with van der Waals surface area (Å²) in [5.74, 6) is 0.896. The summed E-state index contributed by atoms with van der Waals surface area (Å²) in [5.41, 5.74) is 3.06. The van der Waals surface area contributed by atoms with Gasteiger partial charge >= 0.3 is 0 Å². The minimum absolute atomic E-state index is 0.896. The lowest BCUT2D eigenvalue weighted by Crippen LogP contribution is -1.95. The molecule has 90 valence electrons. The molecule has 0 fully saturated rings. The molecule has 0 atom stereocenters. The summed E-state index contributed by atoms with van der Waals surface area (Å²) in [6.07, 6.45) is 1.82. The number of benzene rings is 2. The van der Waals surface area contributed by atoms with Crippen LogP contribution in [0.2, 0.25) is 0 Å². The van der Waals surface area contributed by atoms with Crippen LogP contribution < -0.4 is 0 Å². The van der Waals surface area contributed by atoms with Crippen molar-refractivity contribution in [2.24, 2.45) is 0 Å². The van der Waals surface area contributed by atoms with Gasteiger partial charge in [-0.3, -0.25) is 4.57 Å². The summed E-state index contributed by atoms with van der Waals surface area (Å²) >= 11 is 0. The molecule has 0 amide bonds. The summed E-state index contributed by atoms with van der Waals surface area (Å²) in [7, 11) is 0. The van der Waals surface area contributed by atoms with E-state index in [4.69, 9.17) is 4.98 Å². The van der Waals surface area contributed by atoms with E-state index in [0.717, 1.165) is 27.8 Å². The van der Waals surface area contributed by atoms with Crippen LogP contribution in [0.25, 0.3) is 27.8 Å². The molecular formula is C16H11N3. The van der Waals surface area contributed by atoms with Crippen LogP contribution in [0.5, 0.6) is 0 Å². The highest BCUT2D eigenvalue weighted by atomic mass is 15.1. The van der Waals surface area contributed by atoms with Crippen LogP contribution in [0.4, 0.5) is 0 Å². The van der Waals surface area contributed by atoms with Crippen molar-refractivity contribution in [1.82, 2.24) is 14.5 Å². The number of hydrogen-bond donors (Lipinski definition) is 0. The summed E-state index contributed by atoms with van der Waals surface area (Å²) in [6, 6.07) is 20.3. The van der Waals surface area contributed by atoms with Crippen molar-refractivity contribution in [3.8, 4) is 5.82 Å². The molecule has 0 saturated heterocycles. The maximum Gasteiger partial charge on any atom is 0.139 e. The first-order chi connectivity index (χ1) is 9.42. The lowest BCUT2D eigenvalue weighted by Gasteiger charge is -2.04. The van der Waals surface area contributed by atoms with E-state index in [-0.39, 0.29) is 0 Å². The van der Waals surface area contributed by atoms with Gasteiger partial charge in [-0.15, -0.1) is 0 Å². The van der Waals surface area contributed by atoms with Crippen LogP contribution in [-0.2, 0) is 0 Å². The Balaban J connectivity index is 1.99. The Kier molecular flexibility index (Phi) is 2.12. The maximum absolute atomic E-state index is 4.69. The summed E-state index contributed by atoms with van der Waals surface area (Å²) in [5, 5.41) is 1.15. The molecule has 0 saturated carbocycles. The van der Waals surface area contributed by atoms with Gasteiger partial charge in [0.1, 0.15) is 12.1 Å². The van der Waals surface area contributed by atoms with E-state index in [0.29, 0.717) is 0 Å². The van der Waals surface area contributed by atoms with Crippen LogP contribution in [0.3, 0.4) is 0 Å². The number of fused-ring (bicyclic) bond motifs is 2. The minimum Gasteiger partial charge on any atom is -0.283 e. The molecule has 3 heteroatoms. The first-order valence-corrected chi connectivity index (χ1v) is 6.20. The van der Waals surface area contributed by atoms with E-state index < -0.39 is 0 Å². The molecule has 0 spiro atoms. The maximum atomic E-state index is 4.69. The quantitative estimate of drug-likeness (QED) is 0.513. The van der Waals surface area contributed by atoms with Crippen LogP contribution in [0.1, 0.15) is 0 Å². The monoisotopic (exact) mass is 245 g/mol. The molecule has 0 unspecified atom stereocenters. The van der Waals surface area contributed by atoms with E-state index >= 15 is 0 Å². The molecule has 4 aromatic rings. The third kappa shape index (κ3) is 1.59. The molecule has 0 bridgehead atoms. The van der Waals surface area contributed by atoms with Gasteiger partial charge in [0, 0.05) is 5.39 Å². The molecule has 2 aromatic carbocycles. The predicted octanol–water partition coefficient (Wildman–Crippen LogP) is 3.57. The Bertz CT molecular complexity index is 877. The van der Waals surface area contributed by atoms with Crippen molar-refractivity contribution in [2.75, 3.05) is 0 Å². The number of hydrogen-bond acceptors (Lipinski definition) is 2. The van der Waals surface area contributed by atoms with Gasteiger partial charge in [0.2, 0.25) is 0 Å². The van der Waals surface area contributed by atoms with Crippen LogP contribution >= 0.6 is 0 Å². The van der Waals surface area contributed by atoms with Crippen LogP contribution in [-0.4, -0.2) is 14.5 Å². The van der Waals surface area contributed by atoms with Crippen molar-refractivity contribution in [1.29, 1.82) is 0 Å². The fraction of sp³-hybridized carbons (Fsp3) is 0. The second-order valence-corrected chi connectivity index (χ2v) is 4.47. The molecule has 0 aliphatic heterocycles. The fourth-order valence-electron chi connectivity index (χ4n) is 2.33. The lowest BCUT2D eigenvalue weighted by molar-refractivity contribution is 1.04. The first-order valence-electron chi connectivity index (χ1n) is 6.20. The van der Waals surface area contributed by atoms with Gasteiger partial charge in [-0.1, -0.05) is 30.3 Å². The third-order valence-electron chi connectivity index (χ3n) is 3.28. The summed E-state index contributed by atoms with van der Waals surface area (Å²) < 4.78 is 2.02. The SMILES string of the molecule is c1ccc2nc(-n3cnc4ccccc43)ccc2c1. The van der Waals surface area contributed by atoms with Gasteiger partial charge in [-0.2, -0.15) is 0 Å². The second-order valence-electron chi connectivity index (χ2n) is 4.47. The van der Waals surface area contributed by atoms with Crippen molar-refractivity contribution >= 4 is 21.9 Å². The molecule has 0 aliphatic rings. The number of pyridine rings is 1. The molecule has 4 rings (SSSR count). The zero-order chi connectivity index (χ0) is 12.7. The van der Waals surface area contributed by atoms with E-state index in [2.05, 4.69) is 23.2 Å². The number of rotatable bonds is 1. The molecule has 3 nitrogen and oxygen atoms in total. The van der Waals surface area contributed by atoms with E-state index in [9.17, 15) is 0 Å². The first kappa shape index (κ1) is 10.3. The third-order valence-corrected chi connectivity index (χ3v) is 3.28. The molecule has 2 heterocycles. The van der Waals surface area contributed by atoms with Gasteiger partial charge in [0.15, 0.2) is 0 Å². The van der Waals surface area contributed by atoms with Crippen molar-refractivity contribution in [3.63, 3.8) is 0 Å². The summed E-state index contributed by atoms with van der Waals surface area (Å²) in [4.78, 5) is 9.09. The normalized spacial score (nSPS) is 11.2. The van der Waals surface area contributed by atoms with E-state index in [1.54, 1.807) is 0 Å². The lowest BCUT2D eigenvalue weighted by atomic mass is 10.2. The smallest absolute Gasteiger partial charge is 0.139 e. The van der Waals surface area contributed by atoms with Gasteiger partial charge < -0.3 is 0 Å². The number of aromatic nitrogens is 3. The molecule has 2 aromatic heterocycles.